The van der Waals surface area contributed by atoms with Gasteiger partial charge in [0.25, 0.3) is 5.91 Å². The van der Waals surface area contributed by atoms with Gasteiger partial charge in [-0.3, -0.25) is 4.79 Å². The Kier molecular flexibility index (Phi) is 6.50. The van der Waals surface area contributed by atoms with Crippen LogP contribution in [-0.2, 0) is 9.84 Å². The van der Waals surface area contributed by atoms with Crippen molar-refractivity contribution >= 4 is 56.2 Å². The van der Waals surface area contributed by atoms with Gasteiger partial charge in [0, 0.05) is 17.5 Å². The molecule has 6 nitrogen and oxygen atoms in total. The van der Waals surface area contributed by atoms with Gasteiger partial charge in [0.1, 0.15) is 6.26 Å². The Morgan fingerprint density at radius 3 is 2.33 bits per heavy atom. The van der Waals surface area contributed by atoms with Crippen LogP contribution in [0.25, 0.3) is 22.6 Å². The summed E-state index contributed by atoms with van der Waals surface area (Å²) in [6.07, 6.45) is 4.01. The summed E-state index contributed by atoms with van der Waals surface area (Å²) in [5.41, 5.74) is 2.13. The smallest absolute Gasteiger partial charge is 0.256 e. The Bertz CT molecular complexity index is 1470. The van der Waals surface area contributed by atoms with Crippen molar-refractivity contribution in [3.8, 4) is 22.6 Å². The predicted octanol–water partition coefficient (Wildman–Crippen LogP) is 6.62. The molecule has 0 saturated heterocycles. The average Bonchev–Trinajstić information content (AvgIpc) is 3.30. The molecule has 0 aliphatic carbocycles. The number of halogens is 3. The van der Waals surface area contributed by atoms with Crippen LogP contribution in [0, 0.1) is 0 Å². The minimum Gasteiger partial charge on any atom is -0.444 e. The minimum atomic E-state index is -3.51. The predicted molar refractivity (Wildman–Crippen MR) is 130 cm³/mol. The zero-order valence-corrected chi connectivity index (χ0v) is 20.1. The van der Waals surface area contributed by atoms with Crippen molar-refractivity contribution in [2.24, 2.45) is 0 Å². The largest absolute Gasteiger partial charge is 0.444 e. The normalized spacial score (nSPS) is 11.4. The third-order valence-electron chi connectivity index (χ3n) is 4.78. The van der Waals surface area contributed by atoms with Crippen molar-refractivity contribution < 1.29 is 17.6 Å². The first-order valence-corrected chi connectivity index (χ1v) is 12.5. The molecule has 1 amide bonds. The number of aromatic nitrogens is 1. The molecule has 33 heavy (non-hydrogen) atoms. The molecule has 0 radical (unpaired) electrons. The highest BCUT2D eigenvalue weighted by molar-refractivity contribution is 7.90. The molecule has 4 aromatic rings. The van der Waals surface area contributed by atoms with E-state index in [1.54, 1.807) is 36.4 Å². The fourth-order valence-corrected chi connectivity index (χ4v) is 4.32. The van der Waals surface area contributed by atoms with Crippen molar-refractivity contribution in [2.45, 2.75) is 4.90 Å². The van der Waals surface area contributed by atoms with Crippen molar-refractivity contribution in [1.82, 2.24) is 4.98 Å². The van der Waals surface area contributed by atoms with E-state index in [4.69, 9.17) is 39.2 Å². The number of amides is 1. The first kappa shape index (κ1) is 23.3. The van der Waals surface area contributed by atoms with E-state index in [9.17, 15) is 13.2 Å². The maximum Gasteiger partial charge on any atom is 0.256 e. The summed E-state index contributed by atoms with van der Waals surface area (Å²) in [6.45, 7) is 0. The fourth-order valence-electron chi connectivity index (χ4n) is 3.18. The molecular weight excluding hydrogens is 507 g/mol. The summed E-state index contributed by atoms with van der Waals surface area (Å²) in [7, 11) is -3.51. The van der Waals surface area contributed by atoms with Crippen molar-refractivity contribution in [3.05, 3.63) is 87.7 Å². The van der Waals surface area contributed by atoms with E-state index in [0.29, 0.717) is 38.3 Å². The topological polar surface area (TPSA) is 89.3 Å². The third kappa shape index (κ3) is 5.07. The molecule has 0 unspecified atom stereocenters. The highest BCUT2D eigenvalue weighted by Gasteiger charge is 2.19. The molecule has 0 fully saturated rings. The van der Waals surface area contributed by atoms with Gasteiger partial charge < -0.3 is 9.73 Å². The van der Waals surface area contributed by atoms with Crippen molar-refractivity contribution in [3.63, 3.8) is 0 Å². The first-order chi connectivity index (χ1) is 15.6. The SMILES string of the molecule is CS(=O)(=O)c1ccc(C(=O)Nc2ccc(Cl)c(-c3ncco3)c2)c(-c2ccc(Cl)c(Cl)c2)c1. The summed E-state index contributed by atoms with van der Waals surface area (Å²) < 4.78 is 29.5. The van der Waals surface area contributed by atoms with Crippen LogP contribution in [0.2, 0.25) is 15.1 Å². The zero-order chi connectivity index (χ0) is 23.8. The van der Waals surface area contributed by atoms with E-state index >= 15 is 0 Å². The lowest BCUT2D eigenvalue weighted by Crippen LogP contribution is -2.14. The van der Waals surface area contributed by atoms with E-state index in [2.05, 4.69) is 10.3 Å². The Hall–Kier alpha value is -2.84. The standard InChI is InChI=1S/C23H15Cl3N2O4S/c1-33(30,31)15-4-5-16(17(12-15)13-2-6-20(25)21(26)10-13)22(29)28-14-3-7-19(24)18(11-14)23-27-8-9-32-23/h2-12H,1H3,(H,28,29). The van der Waals surface area contributed by atoms with E-state index in [1.807, 2.05) is 0 Å². The molecule has 0 saturated carbocycles. The van der Waals surface area contributed by atoms with Crippen LogP contribution in [0.5, 0.6) is 0 Å². The first-order valence-electron chi connectivity index (χ1n) is 9.44. The number of oxazole rings is 1. The number of carbonyl (C=O) groups excluding carboxylic acids is 1. The van der Waals surface area contributed by atoms with Gasteiger partial charge in [0.05, 0.1) is 31.7 Å². The number of nitrogens with one attached hydrogen (secondary N) is 1. The van der Waals surface area contributed by atoms with E-state index < -0.39 is 15.7 Å². The van der Waals surface area contributed by atoms with Gasteiger partial charge in [0.15, 0.2) is 9.84 Å². The van der Waals surface area contributed by atoms with Crippen LogP contribution in [0.1, 0.15) is 10.4 Å². The van der Waals surface area contributed by atoms with Gasteiger partial charge in [-0.05, 0) is 59.7 Å². The molecule has 0 spiro atoms. The molecule has 3 aromatic carbocycles. The van der Waals surface area contributed by atoms with Crippen molar-refractivity contribution in [2.75, 3.05) is 11.6 Å². The number of nitrogens with zero attached hydrogens (tertiary/aromatic N) is 1. The summed E-state index contributed by atoms with van der Waals surface area (Å²) >= 11 is 18.4. The lowest BCUT2D eigenvalue weighted by Gasteiger charge is -2.13. The van der Waals surface area contributed by atoms with Crippen molar-refractivity contribution in [1.29, 1.82) is 0 Å². The number of anilines is 1. The van der Waals surface area contributed by atoms with Crippen LogP contribution in [0.15, 0.2) is 76.4 Å². The van der Waals surface area contributed by atoms with Gasteiger partial charge in [-0.2, -0.15) is 0 Å². The molecule has 0 aliphatic rings. The zero-order valence-electron chi connectivity index (χ0n) is 17.0. The Morgan fingerprint density at radius 2 is 1.67 bits per heavy atom. The van der Waals surface area contributed by atoms with Gasteiger partial charge >= 0.3 is 0 Å². The second-order valence-corrected chi connectivity index (χ2v) is 10.3. The highest BCUT2D eigenvalue weighted by Crippen LogP contribution is 2.33. The second kappa shape index (κ2) is 9.19. The second-order valence-electron chi connectivity index (χ2n) is 7.09. The van der Waals surface area contributed by atoms with E-state index in [1.165, 1.54) is 30.7 Å². The van der Waals surface area contributed by atoms with Gasteiger partial charge in [-0.25, -0.2) is 13.4 Å². The quantitative estimate of drug-likeness (QED) is 0.318. The Morgan fingerprint density at radius 1 is 0.909 bits per heavy atom. The monoisotopic (exact) mass is 520 g/mol. The van der Waals surface area contributed by atoms with Gasteiger partial charge in [0.2, 0.25) is 5.89 Å². The molecule has 10 heteroatoms. The molecule has 4 rings (SSSR count). The fraction of sp³-hybridized carbons (Fsp3) is 0.0435. The maximum atomic E-state index is 13.2. The molecule has 1 heterocycles. The lowest BCUT2D eigenvalue weighted by molar-refractivity contribution is 0.102. The lowest BCUT2D eigenvalue weighted by atomic mass is 9.99. The Balaban J connectivity index is 1.76. The number of hydrogen-bond acceptors (Lipinski definition) is 5. The number of carbonyl (C=O) groups is 1. The van der Waals surface area contributed by atoms with Crippen LogP contribution in [-0.4, -0.2) is 25.6 Å². The maximum absolute atomic E-state index is 13.2. The summed E-state index contributed by atoms with van der Waals surface area (Å²) in [5, 5.41) is 3.83. The summed E-state index contributed by atoms with van der Waals surface area (Å²) in [5.74, 6) is -0.151. The molecule has 168 valence electrons. The van der Waals surface area contributed by atoms with Crippen LogP contribution >= 0.6 is 34.8 Å². The minimum absolute atomic E-state index is 0.0674. The molecule has 1 aromatic heterocycles. The van der Waals surface area contributed by atoms with Gasteiger partial charge in [-0.15, -0.1) is 0 Å². The molecule has 0 aliphatic heterocycles. The molecule has 0 bridgehead atoms. The van der Waals surface area contributed by atoms with Gasteiger partial charge in [-0.1, -0.05) is 40.9 Å². The number of hydrogen-bond donors (Lipinski definition) is 1. The number of benzene rings is 3. The molecule has 0 atom stereocenters. The van der Waals surface area contributed by atoms with E-state index in [0.717, 1.165) is 6.26 Å². The highest BCUT2D eigenvalue weighted by atomic mass is 35.5. The molecular formula is C23H15Cl3N2O4S. The van der Waals surface area contributed by atoms with Crippen LogP contribution in [0.3, 0.4) is 0 Å². The number of rotatable bonds is 5. The average molecular weight is 522 g/mol. The number of sulfone groups is 1. The van der Waals surface area contributed by atoms with E-state index in [-0.39, 0.29) is 15.5 Å². The molecule has 1 N–H and O–H groups in total. The van der Waals surface area contributed by atoms with Crippen LogP contribution in [0.4, 0.5) is 5.69 Å². The third-order valence-corrected chi connectivity index (χ3v) is 6.96. The van der Waals surface area contributed by atoms with Crippen LogP contribution < -0.4 is 5.32 Å². The Labute approximate surface area is 205 Å². The summed E-state index contributed by atoms with van der Waals surface area (Å²) in [6, 6.07) is 14.0. The summed E-state index contributed by atoms with van der Waals surface area (Å²) in [4.78, 5) is 17.4.